The van der Waals surface area contributed by atoms with E-state index in [1.165, 1.54) is 7.11 Å². The van der Waals surface area contributed by atoms with Crippen LogP contribution in [0.4, 0.5) is 0 Å². The number of methoxy groups -OCH3 is 2. The average Bonchev–Trinajstić information content (AvgIpc) is 2.45. The molecule has 0 saturated carbocycles. The Hall–Kier alpha value is -1.75. The highest BCUT2D eigenvalue weighted by atomic mass is 16.6. The van der Waals surface area contributed by atoms with Crippen LogP contribution in [0.3, 0.4) is 0 Å². The summed E-state index contributed by atoms with van der Waals surface area (Å²) in [5, 5.41) is 3.34. The van der Waals surface area contributed by atoms with Crippen molar-refractivity contribution in [1.82, 2.24) is 5.32 Å². The van der Waals surface area contributed by atoms with E-state index < -0.39 is 5.97 Å². The minimum Gasteiger partial charge on any atom is -0.497 e. The van der Waals surface area contributed by atoms with E-state index in [-0.39, 0.29) is 6.61 Å². The van der Waals surface area contributed by atoms with E-state index >= 15 is 0 Å². The van der Waals surface area contributed by atoms with Crippen LogP contribution in [0.5, 0.6) is 11.5 Å². The normalized spacial score (nSPS) is 10.4. The van der Waals surface area contributed by atoms with E-state index in [4.69, 9.17) is 9.47 Å². The number of hydrogen-bond acceptors (Lipinski definition) is 5. The van der Waals surface area contributed by atoms with Crippen LogP contribution in [-0.2, 0) is 16.1 Å². The zero-order valence-electron chi connectivity index (χ0n) is 12.6. The van der Waals surface area contributed by atoms with Gasteiger partial charge in [-0.15, -0.1) is 0 Å². The molecule has 1 aromatic rings. The van der Waals surface area contributed by atoms with Crippen molar-refractivity contribution in [3.05, 3.63) is 23.8 Å². The maximum Gasteiger partial charge on any atom is 0.343 e. The lowest BCUT2D eigenvalue weighted by molar-refractivity contribution is -0.142. The molecule has 0 aliphatic heterocycles. The van der Waals surface area contributed by atoms with E-state index in [2.05, 4.69) is 23.9 Å². The third-order valence-corrected chi connectivity index (χ3v) is 2.72. The molecule has 5 nitrogen and oxygen atoms in total. The second kappa shape index (κ2) is 8.43. The molecular weight excluding hydrogens is 258 g/mol. The molecule has 0 spiro atoms. The molecule has 20 heavy (non-hydrogen) atoms. The molecule has 1 rings (SSSR count). The predicted octanol–water partition coefficient (Wildman–Crippen LogP) is 1.99. The Bertz CT molecular complexity index is 432. The molecule has 1 N–H and O–H groups in total. The van der Waals surface area contributed by atoms with Gasteiger partial charge in [-0.1, -0.05) is 19.9 Å². The Morgan fingerprint density at radius 1 is 1.30 bits per heavy atom. The second-order valence-corrected chi connectivity index (χ2v) is 4.86. The van der Waals surface area contributed by atoms with Gasteiger partial charge in [0.05, 0.1) is 14.2 Å². The smallest absolute Gasteiger partial charge is 0.343 e. The van der Waals surface area contributed by atoms with Crippen molar-refractivity contribution >= 4 is 5.97 Å². The fraction of sp³-hybridized carbons (Fsp3) is 0.533. The Kier molecular flexibility index (Phi) is 6.87. The molecule has 1 aromatic carbocycles. The summed E-state index contributed by atoms with van der Waals surface area (Å²) in [5.74, 6) is 1.49. The van der Waals surface area contributed by atoms with Gasteiger partial charge in [0.15, 0.2) is 6.61 Å². The highest BCUT2D eigenvalue weighted by molar-refractivity contribution is 5.71. The van der Waals surface area contributed by atoms with Gasteiger partial charge in [-0.05, 0) is 18.5 Å². The molecule has 0 amide bonds. The lowest BCUT2D eigenvalue weighted by atomic mass is 10.1. The molecule has 0 heterocycles. The second-order valence-electron chi connectivity index (χ2n) is 4.86. The van der Waals surface area contributed by atoms with Crippen LogP contribution in [0.1, 0.15) is 19.4 Å². The van der Waals surface area contributed by atoms with Gasteiger partial charge in [0.2, 0.25) is 0 Å². The first-order valence-electron chi connectivity index (χ1n) is 6.64. The van der Waals surface area contributed by atoms with E-state index in [1.54, 1.807) is 13.2 Å². The molecule has 0 unspecified atom stereocenters. The van der Waals surface area contributed by atoms with Crippen molar-refractivity contribution in [3.8, 4) is 11.5 Å². The number of nitrogens with one attached hydrogen (secondary N) is 1. The summed E-state index contributed by atoms with van der Waals surface area (Å²) in [5.41, 5.74) is 0.982. The summed E-state index contributed by atoms with van der Waals surface area (Å²) in [4.78, 5) is 11.2. The molecule has 0 fully saturated rings. The molecule has 0 aromatic heterocycles. The topological polar surface area (TPSA) is 56.8 Å². The number of carbonyl (C=O) groups excluding carboxylic acids is 1. The summed E-state index contributed by atoms with van der Waals surface area (Å²) in [6, 6.07) is 5.57. The number of ether oxygens (including phenoxy) is 3. The van der Waals surface area contributed by atoms with Gasteiger partial charge in [0.1, 0.15) is 11.5 Å². The molecule has 112 valence electrons. The number of esters is 1. The van der Waals surface area contributed by atoms with Crippen LogP contribution in [0.15, 0.2) is 18.2 Å². The van der Waals surface area contributed by atoms with Crippen molar-refractivity contribution in [2.24, 2.45) is 5.92 Å². The van der Waals surface area contributed by atoms with Gasteiger partial charge in [-0.2, -0.15) is 0 Å². The Balaban J connectivity index is 2.72. The summed E-state index contributed by atoms with van der Waals surface area (Å²) in [6.07, 6.45) is 0. The molecule has 0 radical (unpaired) electrons. The zero-order chi connectivity index (χ0) is 15.0. The molecule has 5 heteroatoms. The number of rotatable bonds is 8. The fourth-order valence-corrected chi connectivity index (χ4v) is 1.63. The van der Waals surface area contributed by atoms with Gasteiger partial charge < -0.3 is 19.5 Å². The first-order valence-corrected chi connectivity index (χ1v) is 6.64. The van der Waals surface area contributed by atoms with Gasteiger partial charge in [-0.3, -0.25) is 0 Å². The van der Waals surface area contributed by atoms with Gasteiger partial charge in [-0.25, -0.2) is 4.79 Å². The third kappa shape index (κ3) is 5.48. The monoisotopic (exact) mass is 281 g/mol. The number of carbonyl (C=O) groups is 1. The van der Waals surface area contributed by atoms with Crippen molar-refractivity contribution in [1.29, 1.82) is 0 Å². The van der Waals surface area contributed by atoms with E-state index in [0.717, 1.165) is 12.1 Å². The molecule has 0 aliphatic carbocycles. The third-order valence-electron chi connectivity index (χ3n) is 2.72. The van der Waals surface area contributed by atoms with Crippen LogP contribution in [-0.4, -0.2) is 33.3 Å². The van der Waals surface area contributed by atoms with Crippen LogP contribution in [0.25, 0.3) is 0 Å². The summed E-state index contributed by atoms with van der Waals surface area (Å²) >= 11 is 0. The first kappa shape index (κ1) is 16.3. The van der Waals surface area contributed by atoms with Crippen molar-refractivity contribution in [3.63, 3.8) is 0 Å². The van der Waals surface area contributed by atoms with E-state index in [9.17, 15) is 4.79 Å². The summed E-state index contributed by atoms with van der Waals surface area (Å²) in [6.45, 7) is 5.79. The van der Waals surface area contributed by atoms with Gasteiger partial charge in [0, 0.05) is 18.2 Å². The minimum atomic E-state index is -0.408. The fourth-order valence-electron chi connectivity index (χ4n) is 1.63. The largest absolute Gasteiger partial charge is 0.497 e. The van der Waals surface area contributed by atoms with E-state index in [1.807, 2.05) is 12.1 Å². The summed E-state index contributed by atoms with van der Waals surface area (Å²) < 4.78 is 15.2. The quantitative estimate of drug-likeness (QED) is 0.739. The van der Waals surface area contributed by atoms with Crippen molar-refractivity contribution < 1.29 is 19.0 Å². The standard InChI is InChI=1S/C15H23NO4/c1-11(2)8-16-9-12-5-6-13(18-3)7-14(12)20-10-15(17)19-4/h5-7,11,16H,8-10H2,1-4H3. The number of benzene rings is 1. The molecule has 0 bridgehead atoms. The van der Waals surface area contributed by atoms with Crippen molar-refractivity contribution in [2.75, 3.05) is 27.4 Å². The minimum absolute atomic E-state index is 0.110. The highest BCUT2D eigenvalue weighted by Crippen LogP contribution is 2.24. The average molecular weight is 281 g/mol. The SMILES string of the molecule is COC(=O)COc1cc(OC)ccc1CNCC(C)C. The summed E-state index contributed by atoms with van der Waals surface area (Å²) in [7, 11) is 2.93. The van der Waals surface area contributed by atoms with Crippen LogP contribution < -0.4 is 14.8 Å². The Morgan fingerprint density at radius 2 is 2.05 bits per heavy atom. The first-order chi connectivity index (χ1) is 9.56. The lowest BCUT2D eigenvalue weighted by Gasteiger charge is -2.14. The van der Waals surface area contributed by atoms with Crippen LogP contribution >= 0.6 is 0 Å². The van der Waals surface area contributed by atoms with Crippen LogP contribution in [0.2, 0.25) is 0 Å². The molecule has 0 aliphatic rings. The van der Waals surface area contributed by atoms with Gasteiger partial charge >= 0.3 is 5.97 Å². The molecule has 0 atom stereocenters. The maximum atomic E-state index is 11.2. The van der Waals surface area contributed by atoms with Crippen molar-refractivity contribution in [2.45, 2.75) is 20.4 Å². The Morgan fingerprint density at radius 3 is 2.65 bits per heavy atom. The lowest BCUT2D eigenvalue weighted by Crippen LogP contribution is -2.20. The molecule has 0 saturated heterocycles. The highest BCUT2D eigenvalue weighted by Gasteiger charge is 2.09. The van der Waals surface area contributed by atoms with Gasteiger partial charge in [0.25, 0.3) is 0 Å². The zero-order valence-corrected chi connectivity index (χ0v) is 12.6. The number of hydrogen-bond donors (Lipinski definition) is 1. The maximum absolute atomic E-state index is 11.2. The van der Waals surface area contributed by atoms with E-state index in [0.29, 0.717) is 24.0 Å². The molecular formula is C15H23NO4. The predicted molar refractivity (Wildman–Crippen MR) is 77.0 cm³/mol. The Labute approximate surface area is 120 Å². The van der Waals surface area contributed by atoms with Crippen LogP contribution in [0, 0.1) is 5.92 Å².